The van der Waals surface area contributed by atoms with Crippen LogP contribution in [0.25, 0.3) is 0 Å². The van der Waals surface area contributed by atoms with Gasteiger partial charge in [0, 0.05) is 12.2 Å². The van der Waals surface area contributed by atoms with Crippen molar-refractivity contribution in [3.63, 3.8) is 0 Å². The number of nitrogens with one attached hydrogen (secondary N) is 1. The molecule has 2 heterocycles. The summed E-state index contributed by atoms with van der Waals surface area (Å²) >= 11 is 0. The molecule has 7 heteroatoms. The van der Waals surface area contributed by atoms with Crippen LogP contribution in [-0.2, 0) is 6.54 Å². The maximum Gasteiger partial charge on any atom is 0.277 e. The molecular weight excluding hydrogens is 232 g/mol. The number of nitrogens with zero attached hydrogens (tertiary/aromatic N) is 4. The van der Waals surface area contributed by atoms with Gasteiger partial charge < -0.3 is 11.1 Å². The molecule has 2 rings (SSSR count). The molecule has 7 nitrogen and oxygen atoms in total. The molecule has 0 unspecified atom stereocenters. The average molecular weight is 246 g/mol. The summed E-state index contributed by atoms with van der Waals surface area (Å²) in [6.07, 6.45) is 3.15. The summed E-state index contributed by atoms with van der Waals surface area (Å²) in [6, 6.07) is 3.60. The monoisotopic (exact) mass is 246 g/mol. The maximum atomic E-state index is 11.8. The van der Waals surface area contributed by atoms with E-state index in [1.807, 2.05) is 13.0 Å². The van der Waals surface area contributed by atoms with Crippen molar-refractivity contribution in [2.75, 3.05) is 11.9 Å². The molecule has 0 aliphatic heterocycles. The van der Waals surface area contributed by atoms with E-state index in [0.717, 1.165) is 5.69 Å². The molecule has 0 bridgehead atoms. The third kappa shape index (κ3) is 2.89. The van der Waals surface area contributed by atoms with E-state index in [1.54, 1.807) is 18.5 Å². The van der Waals surface area contributed by atoms with E-state index in [0.29, 0.717) is 18.8 Å². The number of aryl methyl sites for hydroxylation is 1. The van der Waals surface area contributed by atoms with Gasteiger partial charge in [0.1, 0.15) is 0 Å². The highest BCUT2D eigenvalue weighted by molar-refractivity contribution is 6.02. The fraction of sp³-hybridized carbons (Fsp3) is 0.273. The van der Waals surface area contributed by atoms with Crippen molar-refractivity contribution in [2.45, 2.75) is 13.5 Å². The van der Waals surface area contributed by atoms with E-state index in [4.69, 9.17) is 5.73 Å². The number of aromatic nitrogens is 4. The summed E-state index contributed by atoms with van der Waals surface area (Å²) < 4.78 is 1.53. The summed E-state index contributed by atoms with van der Waals surface area (Å²) in [5.74, 6) is -0.316. The van der Waals surface area contributed by atoms with E-state index in [1.165, 1.54) is 4.68 Å². The van der Waals surface area contributed by atoms with E-state index >= 15 is 0 Å². The highest BCUT2D eigenvalue weighted by atomic mass is 16.2. The highest BCUT2D eigenvalue weighted by Crippen LogP contribution is 2.07. The van der Waals surface area contributed by atoms with Crippen molar-refractivity contribution >= 4 is 11.6 Å². The van der Waals surface area contributed by atoms with Gasteiger partial charge in [0.2, 0.25) is 0 Å². The minimum absolute atomic E-state index is 0.254. The lowest BCUT2D eigenvalue weighted by atomic mass is 10.3. The zero-order valence-corrected chi connectivity index (χ0v) is 10.00. The molecule has 3 N–H and O–H groups in total. The molecular formula is C11H14N6O. The molecule has 0 saturated heterocycles. The van der Waals surface area contributed by atoms with E-state index in [2.05, 4.69) is 20.6 Å². The molecule has 18 heavy (non-hydrogen) atoms. The van der Waals surface area contributed by atoms with Crippen LogP contribution in [0.1, 0.15) is 16.2 Å². The predicted octanol–water partition coefficient (Wildman–Crippen LogP) is 0.193. The summed E-state index contributed by atoms with van der Waals surface area (Å²) in [5.41, 5.74) is 7.15. The van der Waals surface area contributed by atoms with E-state index in [-0.39, 0.29) is 11.6 Å². The maximum absolute atomic E-state index is 11.8. The standard InChI is InChI=1S/C11H14N6O/c1-8-2-3-9(6-13-8)14-11(18)10-7-17(5-4-12)16-15-10/h2-3,6-7H,4-5,12H2,1H3,(H,14,18). The molecule has 0 aliphatic rings. The third-order valence-corrected chi connectivity index (χ3v) is 2.30. The number of hydrogen-bond acceptors (Lipinski definition) is 5. The van der Waals surface area contributed by atoms with Gasteiger partial charge in [-0.25, -0.2) is 0 Å². The molecule has 0 saturated carbocycles. The lowest BCUT2D eigenvalue weighted by Crippen LogP contribution is -2.13. The Bertz CT molecular complexity index is 533. The number of rotatable bonds is 4. The zero-order valence-electron chi connectivity index (χ0n) is 10.00. The fourth-order valence-electron chi connectivity index (χ4n) is 1.38. The summed E-state index contributed by atoms with van der Waals surface area (Å²) in [5, 5.41) is 10.3. The summed E-state index contributed by atoms with van der Waals surface area (Å²) in [6.45, 7) is 2.86. The fourth-order valence-corrected chi connectivity index (χ4v) is 1.38. The Balaban J connectivity index is 2.04. The minimum atomic E-state index is -0.316. The number of pyridine rings is 1. The summed E-state index contributed by atoms with van der Waals surface area (Å²) in [4.78, 5) is 15.9. The topological polar surface area (TPSA) is 98.7 Å². The van der Waals surface area contributed by atoms with Gasteiger partial charge in [-0.15, -0.1) is 5.10 Å². The first-order valence-electron chi connectivity index (χ1n) is 5.53. The van der Waals surface area contributed by atoms with Gasteiger partial charge in [-0.3, -0.25) is 14.5 Å². The van der Waals surface area contributed by atoms with E-state index in [9.17, 15) is 4.79 Å². The molecule has 0 fully saturated rings. The van der Waals surface area contributed by atoms with Gasteiger partial charge in [-0.1, -0.05) is 5.21 Å². The van der Waals surface area contributed by atoms with Crippen LogP contribution in [0.4, 0.5) is 5.69 Å². The van der Waals surface area contributed by atoms with Crippen LogP contribution in [0.15, 0.2) is 24.5 Å². The first kappa shape index (κ1) is 12.2. The molecule has 0 aromatic carbocycles. The zero-order chi connectivity index (χ0) is 13.0. The highest BCUT2D eigenvalue weighted by Gasteiger charge is 2.10. The van der Waals surface area contributed by atoms with Crippen molar-refractivity contribution in [1.29, 1.82) is 0 Å². The Kier molecular flexibility index (Phi) is 3.63. The largest absolute Gasteiger partial charge is 0.329 e. The molecule has 94 valence electrons. The summed E-state index contributed by atoms with van der Waals surface area (Å²) in [7, 11) is 0. The smallest absolute Gasteiger partial charge is 0.277 e. The van der Waals surface area contributed by atoms with Crippen molar-refractivity contribution in [3.05, 3.63) is 35.9 Å². The Labute approximate surface area is 104 Å². The van der Waals surface area contributed by atoms with Gasteiger partial charge in [0.15, 0.2) is 5.69 Å². The number of carbonyl (C=O) groups is 1. The van der Waals surface area contributed by atoms with Crippen LogP contribution < -0.4 is 11.1 Å². The Hall–Kier alpha value is -2.28. The Morgan fingerprint density at radius 2 is 2.33 bits per heavy atom. The van der Waals surface area contributed by atoms with Crippen LogP contribution in [0.2, 0.25) is 0 Å². The molecule has 2 aromatic heterocycles. The van der Waals surface area contributed by atoms with Crippen LogP contribution in [-0.4, -0.2) is 32.4 Å². The first-order valence-corrected chi connectivity index (χ1v) is 5.53. The SMILES string of the molecule is Cc1ccc(NC(=O)c2cn(CCN)nn2)cn1. The van der Waals surface area contributed by atoms with Crippen molar-refractivity contribution in [2.24, 2.45) is 5.73 Å². The quantitative estimate of drug-likeness (QED) is 0.802. The van der Waals surface area contributed by atoms with Crippen LogP contribution in [0, 0.1) is 6.92 Å². The number of amides is 1. The van der Waals surface area contributed by atoms with E-state index < -0.39 is 0 Å². The van der Waals surface area contributed by atoms with Gasteiger partial charge in [-0.05, 0) is 19.1 Å². The van der Waals surface area contributed by atoms with Gasteiger partial charge >= 0.3 is 0 Å². The van der Waals surface area contributed by atoms with Crippen LogP contribution >= 0.6 is 0 Å². The number of nitrogens with two attached hydrogens (primary N) is 1. The third-order valence-electron chi connectivity index (χ3n) is 2.30. The van der Waals surface area contributed by atoms with Crippen LogP contribution in [0.5, 0.6) is 0 Å². The normalized spacial score (nSPS) is 10.3. The first-order chi connectivity index (χ1) is 8.69. The van der Waals surface area contributed by atoms with Gasteiger partial charge in [0.05, 0.1) is 24.6 Å². The number of hydrogen-bond donors (Lipinski definition) is 2. The van der Waals surface area contributed by atoms with Crippen molar-refractivity contribution in [1.82, 2.24) is 20.0 Å². The number of anilines is 1. The van der Waals surface area contributed by atoms with Crippen molar-refractivity contribution in [3.8, 4) is 0 Å². The molecule has 0 aliphatic carbocycles. The number of carbonyl (C=O) groups excluding carboxylic acids is 1. The van der Waals surface area contributed by atoms with Gasteiger partial charge in [-0.2, -0.15) is 0 Å². The second kappa shape index (κ2) is 5.37. The lowest BCUT2D eigenvalue weighted by molar-refractivity contribution is 0.102. The predicted molar refractivity (Wildman–Crippen MR) is 66.0 cm³/mol. The minimum Gasteiger partial charge on any atom is -0.329 e. The molecule has 0 atom stereocenters. The lowest BCUT2D eigenvalue weighted by Gasteiger charge is -2.01. The molecule has 2 aromatic rings. The van der Waals surface area contributed by atoms with Gasteiger partial charge in [0.25, 0.3) is 5.91 Å². The molecule has 0 spiro atoms. The second-order valence-corrected chi connectivity index (χ2v) is 3.80. The van der Waals surface area contributed by atoms with Crippen LogP contribution in [0.3, 0.4) is 0 Å². The average Bonchev–Trinajstić information content (AvgIpc) is 2.81. The second-order valence-electron chi connectivity index (χ2n) is 3.80. The molecule has 1 amide bonds. The molecule has 0 radical (unpaired) electrons. The Morgan fingerprint density at radius 1 is 1.50 bits per heavy atom. The Morgan fingerprint density at radius 3 is 3.00 bits per heavy atom. The van der Waals surface area contributed by atoms with Crippen molar-refractivity contribution < 1.29 is 4.79 Å².